The van der Waals surface area contributed by atoms with E-state index < -0.39 is 28.5 Å². The molecule has 0 radical (unpaired) electrons. The normalized spacial score (nSPS) is 12.1. The monoisotopic (exact) mass is 565 g/mol. The number of amides is 2. The first kappa shape index (κ1) is 30.7. The molecule has 0 saturated carbocycles. The maximum atomic E-state index is 14.0. The Labute approximate surface area is 238 Å². The van der Waals surface area contributed by atoms with E-state index in [4.69, 9.17) is 4.74 Å². The molecule has 0 aliphatic carbocycles. The maximum absolute atomic E-state index is 14.0. The minimum Gasteiger partial charge on any atom is -0.497 e. The number of ether oxygens (including phenoxy) is 1. The van der Waals surface area contributed by atoms with Crippen LogP contribution >= 0.6 is 0 Å². The molecular weight excluding hydrogens is 526 g/mol. The Morgan fingerprint density at radius 2 is 1.52 bits per heavy atom. The molecule has 1 N–H and O–H groups in total. The van der Waals surface area contributed by atoms with E-state index in [9.17, 15) is 18.0 Å². The summed E-state index contributed by atoms with van der Waals surface area (Å²) in [6, 6.07) is 19.8. The van der Waals surface area contributed by atoms with Crippen LogP contribution < -0.4 is 14.4 Å². The molecule has 0 heterocycles. The molecule has 0 aromatic heterocycles. The number of sulfonamides is 1. The summed E-state index contributed by atoms with van der Waals surface area (Å²) >= 11 is 0. The van der Waals surface area contributed by atoms with E-state index in [0.29, 0.717) is 18.0 Å². The van der Waals surface area contributed by atoms with Crippen LogP contribution in [0.1, 0.15) is 37.5 Å². The molecule has 0 unspecified atom stereocenters. The number of carbonyl (C=O) groups is 2. The number of benzene rings is 3. The molecule has 0 bridgehead atoms. The molecule has 0 aliphatic heterocycles. The Morgan fingerprint density at radius 1 is 0.900 bits per heavy atom. The Morgan fingerprint density at radius 3 is 2.10 bits per heavy atom. The summed E-state index contributed by atoms with van der Waals surface area (Å²) in [6.45, 7) is 9.59. The first-order valence-electron chi connectivity index (χ1n) is 13.3. The number of nitrogens with zero attached hydrogens (tertiary/aromatic N) is 2. The van der Waals surface area contributed by atoms with Crippen molar-refractivity contribution >= 4 is 27.5 Å². The van der Waals surface area contributed by atoms with E-state index in [1.807, 2.05) is 52.0 Å². The molecule has 40 heavy (non-hydrogen) atoms. The number of methoxy groups -OCH3 is 1. The zero-order chi connectivity index (χ0) is 29.4. The Balaban J connectivity index is 2.02. The van der Waals surface area contributed by atoms with E-state index in [0.717, 1.165) is 21.0 Å². The third-order valence-electron chi connectivity index (χ3n) is 6.70. The number of aryl methyl sites for hydroxylation is 2. The minimum atomic E-state index is -4.12. The van der Waals surface area contributed by atoms with Crippen molar-refractivity contribution in [2.75, 3.05) is 24.5 Å². The lowest BCUT2D eigenvalue weighted by atomic mass is 10.1. The standard InChI is InChI=1S/C31H39N3O5S/c1-22(2)19-32-31(36)25(5)33(20-26-10-8-7-9-24(26)4)30(35)21-34(27-13-15-28(39-6)16-14-27)40(37,38)29-17-11-23(3)12-18-29/h7-18,22,25H,19-21H2,1-6H3,(H,32,36)/t25-/m0/s1. The fourth-order valence-electron chi connectivity index (χ4n) is 4.12. The average Bonchev–Trinajstić information content (AvgIpc) is 2.94. The van der Waals surface area contributed by atoms with Crippen molar-refractivity contribution in [3.05, 3.63) is 89.5 Å². The van der Waals surface area contributed by atoms with Gasteiger partial charge in [0.1, 0.15) is 18.3 Å². The quantitative estimate of drug-likeness (QED) is 0.344. The molecule has 0 aliphatic rings. The Hall–Kier alpha value is -3.85. The third kappa shape index (κ3) is 7.63. The van der Waals surface area contributed by atoms with Gasteiger partial charge in [0.15, 0.2) is 0 Å². The van der Waals surface area contributed by atoms with Gasteiger partial charge in [0.25, 0.3) is 10.0 Å². The summed E-state index contributed by atoms with van der Waals surface area (Å²) in [7, 11) is -2.60. The summed E-state index contributed by atoms with van der Waals surface area (Å²) in [5, 5.41) is 2.90. The minimum absolute atomic E-state index is 0.0647. The number of hydrogen-bond donors (Lipinski definition) is 1. The highest BCUT2D eigenvalue weighted by molar-refractivity contribution is 7.92. The van der Waals surface area contributed by atoms with E-state index in [1.165, 1.54) is 24.1 Å². The van der Waals surface area contributed by atoms with Gasteiger partial charge in [-0.05, 0) is 74.2 Å². The molecule has 1 atom stereocenters. The van der Waals surface area contributed by atoms with Crippen LogP contribution in [0.25, 0.3) is 0 Å². The topological polar surface area (TPSA) is 96.0 Å². The van der Waals surface area contributed by atoms with Crippen molar-refractivity contribution in [3.8, 4) is 5.75 Å². The van der Waals surface area contributed by atoms with Crippen LogP contribution in [0.4, 0.5) is 5.69 Å². The first-order valence-corrected chi connectivity index (χ1v) is 14.7. The van der Waals surface area contributed by atoms with E-state index in [2.05, 4.69) is 5.32 Å². The van der Waals surface area contributed by atoms with Gasteiger partial charge in [0.05, 0.1) is 17.7 Å². The highest BCUT2D eigenvalue weighted by Crippen LogP contribution is 2.27. The maximum Gasteiger partial charge on any atom is 0.264 e. The molecule has 0 saturated heterocycles. The Kier molecular flexibility index (Phi) is 10.3. The number of nitrogens with one attached hydrogen (secondary N) is 1. The van der Waals surface area contributed by atoms with Crippen LogP contribution in [0.2, 0.25) is 0 Å². The van der Waals surface area contributed by atoms with Crippen LogP contribution in [0, 0.1) is 19.8 Å². The van der Waals surface area contributed by atoms with Gasteiger partial charge in [0.2, 0.25) is 11.8 Å². The van der Waals surface area contributed by atoms with Gasteiger partial charge < -0.3 is 15.0 Å². The lowest BCUT2D eigenvalue weighted by Gasteiger charge is -2.32. The molecule has 0 spiro atoms. The van der Waals surface area contributed by atoms with Gasteiger partial charge in [0, 0.05) is 13.1 Å². The molecular formula is C31H39N3O5S. The molecule has 9 heteroatoms. The van der Waals surface area contributed by atoms with Crippen molar-refractivity contribution < 1.29 is 22.7 Å². The molecule has 3 rings (SSSR count). The SMILES string of the molecule is COc1ccc(N(CC(=O)N(Cc2ccccc2C)[C@@H](C)C(=O)NCC(C)C)S(=O)(=O)c2ccc(C)cc2)cc1. The van der Waals surface area contributed by atoms with Crippen LogP contribution in [-0.2, 0) is 26.2 Å². The van der Waals surface area contributed by atoms with Crippen LogP contribution in [-0.4, -0.2) is 51.4 Å². The van der Waals surface area contributed by atoms with Gasteiger partial charge >= 0.3 is 0 Å². The van der Waals surface area contributed by atoms with Crippen molar-refractivity contribution in [2.45, 2.75) is 52.1 Å². The number of anilines is 1. The van der Waals surface area contributed by atoms with Gasteiger partial charge in [-0.2, -0.15) is 0 Å². The fourth-order valence-corrected chi connectivity index (χ4v) is 5.53. The fraction of sp³-hybridized carbons (Fsp3) is 0.355. The second kappa shape index (κ2) is 13.5. The van der Waals surface area contributed by atoms with Crippen LogP contribution in [0.3, 0.4) is 0 Å². The Bertz CT molecular complexity index is 1400. The highest BCUT2D eigenvalue weighted by atomic mass is 32.2. The molecule has 8 nitrogen and oxygen atoms in total. The van der Waals surface area contributed by atoms with E-state index in [1.54, 1.807) is 43.3 Å². The van der Waals surface area contributed by atoms with Crippen molar-refractivity contribution in [2.24, 2.45) is 5.92 Å². The lowest BCUT2D eigenvalue weighted by Crippen LogP contribution is -2.51. The summed E-state index contributed by atoms with van der Waals surface area (Å²) in [5.74, 6) is -0.00347. The van der Waals surface area contributed by atoms with Crippen molar-refractivity contribution in [3.63, 3.8) is 0 Å². The van der Waals surface area contributed by atoms with Gasteiger partial charge in [-0.1, -0.05) is 55.8 Å². The third-order valence-corrected chi connectivity index (χ3v) is 8.49. The van der Waals surface area contributed by atoms with Gasteiger partial charge in [-0.3, -0.25) is 13.9 Å². The molecule has 3 aromatic carbocycles. The lowest BCUT2D eigenvalue weighted by molar-refractivity contribution is -0.139. The van der Waals surface area contributed by atoms with Gasteiger partial charge in [-0.25, -0.2) is 8.42 Å². The predicted molar refractivity (Wildman–Crippen MR) is 158 cm³/mol. The summed E-state index contributed by atoms with van der Waals surface area (Å²) in [6.07, 6.45) is 0. The summed E-state index contributed by atoms with van der Waals surface area (Å²) < 4.78 is 34.1. The second-order valence-corrected chi connectivity index (χ2v) is 12.1. The average molecular weight is 566 g/mol. The summed E-state index contributed by atoms with van der Waals surface area (Å²) in [4.78, 5) is 28.6. The van der Waals surface area contributed by atoms with E-state index in [-0.39, 0.29) is 23.3 Å². The summed E-state index contributed by atoms with van der Waals surface area (Å²) in [5.41, 5.74) is 3.06. The highest BCUT2D eigenvalue weighted by Gasteiger charge is 2.32. The molecule has 2 amide bonds. The second-order valence-electron chi connectivity index (χ2n) is 10.3. The van der Waals surface area contributed by atoms with Gasteiger partial charge in [-0.15, -0.1) is 0 Å². The number of rotatable bonds is 12. The van der Waals surface area contributed by atoms with Crippen molar-refractivity contribution in [1.29, 1.82) is 0 Å². The smallest absolute Gasteiger partial charge is 0.264 e. The van der Waals surface area contributed by atoms with Crippen LogP contribution in [0.15, 0.2) is 77.7 Å². The van der Waals surface area contributed by atoms with E-state index >= 15 is 0 Å². The largest absolute Gasteiger partial charge is 0.497 e. The molecule has 0 fully saturated rings. The predicted octanol–water partition coefficient (Wildman–Crippen LogP) is 4.70. The number of carbonyl (C=O) groups excluding carboxylic acids is 2. The zero-order valence-electron chi connectivity index (χ0n) is 24.0. The number of hydrogen-bond acceptors (Lipinski definition) is 5. The zero-order valence-corrected chi connectivity index (χ0v) is 24.9. The van der Waals surface area contributed by atoms with Crippen molar-refractivity contribution in [1.82, 2.24) is 10.2 Å². The van der Waals surface area contributed by atoms with Crippen LogP contribution in [0.5, 0.6) is 5.75 Å². The first-order chi connectivity index (χ1) is 18.9. The molecule has 3 aromatic rings. The molecule has 214 valence electrons.